The molecule has 6 heteroatoms. The molecule has 0 unspecified atom stereocenters. The van der Waals surface area contributed by atoms with Crippen LogP contribution in [0, 0.1) is 0 Å². The van der Waals surface area contributed by atoms with Gasteiger partial charge in [0.1, 0.15) is 0 Å². The molecule has 0 atom stereocenters. The van der Waals surface area contributed by atoms with Crippen LogP contribution in [-0.4, -0.2) is 35.7 Å². The Labute approximate surface area is 64.9 Å². The number of rotatable bonds is 0. The van der Waals surface area contributed by atoms with E-state index in [1.807, 2.05) is 0 Å². The Morgan fingerprint density at radius 2 is 1.82 bits per heavy atom. The molecule has 0 N–H and O–H groups in total. The van der Waals surface area contributed by atoms with Gasteiger partial charge >= 0.3 is 11.9 Å². The zero-order valence-electron chi connectivity index (χ0n) is 6.49. The molecule has 0 aliphatic carbocycles. The molecule has 0 spiro atoms. The Morgan fingerprint density at radius 1 is 1.36 bits per heavy atom. The van der Waals surface area contributed by atoms with Crippen LogP contribution in [-0.2, 0) is 24.1 Å². The van der Waals surface area contributed by atoms with Gasteiger partial charge in [-0.2, -0.15) is 4.36 Å². The highest BCUT2D eigenvalue weighted by molar-refractivity contribution is 7.92. The molecule has 0 rings (SSSR count). The summed E-state index contributed by atoms with van der Waals surface area (Å²) in [6, 6.07) is 0. The highest BCUT2D eigenvalue weighted by Crippen LogP contribution is 1.87. The van der Waals surface area contributed by atoms with E-state index in [1.54, 1.807) is 0 Å². The first-order valence-electron chi connectivity index (χ1n) is 2.66. The molecule has 1 amide bonds. The summed E-state index contributed by atoms with van der Waals surface area (Å²) in [6.07, 6.45) is 2.52. The number of hydrogen-bond donors (Lipinski definition) is 0. The number of carbonyl (C=O) groups excluding carboxylic acids is 2. The van der Waals surface area contributed by atoms with Crippen molar-refractivity contribution < 1.29 is 18.5 Å². The second-order valence-electron chi connectivity index (χ2n) is 2.07. The first-order chi connectivity index (χ1) is 4.87. The van der Waals surface area contributed by atoms with Crippen LogP contribution >= 0.6 is 0 Å². The first-order valence-corrected chi connectivity index (χ1v) is 4.99. The average Bonchev–Trinajstić information content (AvgIpc) is 1.82. The SMILES string of the molecule is COC(=O)C(=O)N=S(C)(C)=O. The number of esters is 1. The number of amides is 1. The molecule has 0 aliphatic heterocycles. The topological polar surface area (TPSA) is 72.8 Å². The molecule has 0 saturated heterocycles. The molecular formula is C5H9NO4S. The third kappa shape index (κ3) is 4.49. The van der Waals surface area contributed by atoms with Crippen LogP contribution in [0.1, 0.15) is 0 Å². The van der Waals surface area contributed by atoms with Gasteiger partial charge in [-0.1, -0.05) is 0 Å². The van der Waals surface area contributed by atoms with Crippen molar-refractivity contribution in [2.75, 3.05) is 19.6 Å². The molecule has 0 heterocycles. The standard InChI is InChI=1S/C5H9NO4S/c1-10-5(8)4(7)6-11(2,3)9/h1-3H3. The molecule has 0 bridgehead atoms. The lowest BCUT2D eigenvalue weighted by Crippen LogP contribution is -2.14. The third-order valence-electron chi connectivity index (χ3n) is 0.663. The highest BCUT2D eigenvalue weighted by atomic mass is 32.2. The molecule has 0 radical (unpaired) electrons. The fourth-order valence-electron chi connectivity index (χ4n) is 0.324. The molecule has 64 valence electrons. The quantitative estimate of drug-likeness (QED) is 0.368. The van der Waals surface area contributed by atoms with Crippen molar-refractivity contribution in [1.29, 1.82) is 0 Å². The fraction of sp³-hybridized carbons (Fsp3) is 0.600. The van der Waals surface area contributed by atoms with E-state index in [0.29, 0.717) is 0 Å². The molecule has 0 saturated carbocycles. The third-order valence-corrected chi connectivity index (χ3v) is 1.27. The molecule has 5 nitrogen and oxygen atoms in total. The second-order valence-corrected chi connectivity index (χ2v) is 4.61. The smallest absolute Gasteiger partial charge is 0.399 e. The van der Waals surface area contributed by atoms with Gasteiger partial charge in [-0.3, -0.25) is 4.79 Å². The zero-order chi connectivity index (χ0) is 9.07. The van der Waals surface area contributed by atoms with Crippen molar-refractivity contribution >= 4 is 21.6 Å². The van der Waals surface area contributed by atoms with Crippen LogP contribution in [0.5, 0.6) is 0 Å². The number of carbonyl (C=O) groups is 2. The van der Waals surface area contributed by atoms with Crippen LogP contribution in [0.25, 0.3) is 0 Å². The Morgan fingerprint density at radius 3 is 2.09 bits per heavy atom. The van der Waals surface area contributed by atoms with Gasteiger partial charge in [0.05, 0.1) is 7.11 Å². The molecule has 0 aliphatic rings. The van der Waals surface area contributed by atoms with Crippen LogP contribution < -0.4 is 0 Å². The lowest BCUT2D eigenvalue weighted by atomic mass is 10.7. The van der Waals surface area contributed by atoms with Gasteiger partial charge in [0, 0.05) is 22.2 Å². The van der Waals surface area contributed by atoms with Gasteiger partial charge in [-0.05, 0) is 0 Å². The Balaban J connectivity index is 4.57. The Bertz CT molecular complexity index is 279. The van der Waals surface area contributed by atoms with Gasteiger partial charge in [-0.25, -0.2) is 9.00 Å². The summed E-state index contributed by atoms with van der Waals surface area (Å²) in [4.78, 5) is 21.0. The van der Waals surface area contributed by atoms with Crippen molar-refractivity contribution in [2.45, 2.75) is 0 Å². The summed E-state index contributed by atoms with van der Waals surface area (Å²) >= 11 is 0. The second kappa shape index (κ2) is 3.47. The normalized spacial score (nSPS) is 10.5. The molecular weight excluding hydrogens is 170 g/mol. The van der Waals surface area contributed by atoms with E-state index in [0.717, 1.165) is 7.11 Å². The van der Waals surface area contributed by atoms with E-state index in [2.05, 4.69) is 9.10 Å². The van der Waals surface area contributed by atoms with Crippen molar-refractivity contribution in [3.05, 3.63) is 0 Å². The predicted molar refractivity (Wildman–Crippen MR) is 39.4 cm³/mol. The number of hydrogen-bond acceptors (Lipinski definition) is 4. The molecule has 0 aromatic heterocycles. The molecule has 0 aromatic rings. The van der Waals surface area contributed by atoms with E-state index < -0.39 is 21.6 Å². The van der Waals surface area contributed by atoms with Crippen LogP contribution in [0.15, 0.2) is 4.36 Å². The lowest BCUT2D eigenvalue weighted by Gasteiger charge is -1.93. The Kier molecular flexibility index (Phi) is 3.18. The van der Waals surface area contributed by atoms with Gasteiger partial charge in [0.25, 0.3) is 0 Å². The largest absolute Gasteiger partial charge is 0.462 e. The van der Waals surface area contributed by atoms with Gasteiger partial charge in [0.15, 0.2) is 0 Å². The molecule has 11 heavy (non-hydrogen) atoms. The van der Waals surface area contributed by atoms with Crippen molar-refractivity contribution in [3.63, 3.8) is 0 Å². The van der Waals surface area contributed by atoms with Crippen LogP contribution in [0.2, 0.25) is 0 Å². The zero-order valence-corrected chi connectivity index (χ0v) is 7.30. The lowest BCUT2D eigenvalue weighted by molar-refractivity contribution is -0.150. The van der Waals surface area contributed by atoms with Gasteiger partial charge in [0.2, 0.25) is 0 Å². The van der Waals surface area contributed by atoms with Gasteiger partial charge < -0.3 is 4.74 Å². The summed E-state index contributed by atoms with van der Waals surface area (Å²) in [7, 11) is -1.50. The van der Waals surface area contributed by atoms with Crippen LogP contribution in [0.4, 0.5) is 0 Å². The summed E-state index contributed by atoms with van der Waals surface area (Å²) in [5, 5.41) is 0. The van der Waals surface area contributed by atoms with Crippen LogP contribution in [0.3, 0.4) is 0 Å². The monoisotopic (exact) mass is 179 g/mol. The van der Waals surface area contributed by atoms with Crippen molar-refractivity contribution in [2.24, 2.45) is 4.36 Å². The van der Waals surface area contributed by atoms with E-state index in [-0.39, 0.29) is 0 Å². The van der Waals surface area contributed by atoms with Gasteiger partial charge in [-0.15, -0.1) is 0 Å². The summed E-state index contributed by atoms with van der Waals surface area (Å²) in [6.45, 7) is 0. The predicted octanol–water partition coefficient (Wildman–Crippen LogP) is -0.586. The summed E-state index contributed by atoms with van der Waals surface area (Å²) in [5.41, 5.74) is 0. The minimum atomic E-state index is -2.55. The minimum absolute atomic E-state index is 1.06. The maximum Gasteiger partial charge on any atom is 0.399 e. The fourth-order valence-corrected chi connectivity index (χ4v) is 0.798. The maximum absolute atomic E-state index is 10.8. The van der Waals surface area contributed by atoms with Crippen molar-refractivity contribution in [1.82, 2.24) is 0 Å². The number of methoxy groups -OCH3 is 1. The van der Waals surface area contributed by atoms with Crippen molar-refractivity contribution in [3.8, 4) is 0 Å². The average molecular weight is 179 g/mol. The van der Waals surface area contributed by atoms with E-state index in [4.69, 9.17) is 0 Å². The number of nitrogens with zero attached hydrogens (tertiary/aromatic N) is 1. The van der Waals surface area contributed by atoms with E-state index >= 15 is 0 Å². The molecule has 0 fully saturated rings. The first kappa shape index (κ1) is 10.1. The number of ether oxygens (including phenoxy) is 1. The highest BCUT2D eigenvalue weighted by Gasteiger charge is 2.13. The summed E-state index contributed by atoms with van der Waals surface area (Å²) in [5.74, 6) is -2.20. The Hall–Kier alpha value is -0.910. The summed E-state index contributed by atoms with van der Waals surface area (Å²) < 4.78 is 18.0. The van der Waals surface area contributed by atoms with E-state index in [1.165, 1.54) is 12.5 Å². The maximum atomic E-state index is 10.8. The minimum Gasteiger partial charge on any atom is -0.462 e. The van der Waals surface area contributed by atoms with E-state index in [9.17, 15) is 13.8 Å². The molecule has 0 aromatic carbocycles.